The van der Waals surface area contributed by atoms with Gasteiger partial charge in [-0.3, -0.25) is 0 Å². The van der Waals surface area contributed by atoms with Crippen LogP contribution in [0, 0.1) is 11.3 Å². The first kappa shape index (κ1) is 13.6. The van der Waals surface area contributed by atoms with Gasteiger partial charge in [0.1, 0.15) is 6.10 Å². The Morgan fingerprint density at radius 3 is 2.94 bits per heavy atom. The summed E-state index contributed by atoms with van der Waals surface area (Å²) in [5.41, 5.74) is 6.77. The zero-order valence-corrected chi connectivity index (χ0v) is 11.5. The standard InChI is InChI=1S/C14H25N3O/c1-3-11-5-6-14(7-11,9-15)13(18)12-8-16-10-17(12)4-2/h8,10-11,13,18H,3-7,9,15H2,1-2H3. The van der Waals surface area contributed by atoms with Crippen molar-refractivity contribution >= 4 is 0 Å². The van der Waals surface area contributed by atoms with Crippen LogP contribution in [0.4, 0.5) is 0 Å². The summed E-state index contributed by atoms with van der Waals surface area (Å²) in [6, 6.07) is 0. The molecular formula is C14H25N3O. The van der Waals surface area contributed by atoms with Crippen molar-refractivity contribution in [2.24, 2.45) is 17.1 Å². The molecule has 0 bridgehead atoms. The number of hydrogen-bond acceptors (Lipinski definition) is 3. The Morgan fingerprint density at radius 2 is 2.39 bits per heavy atom. The summed E-state index contributed by atoms with van der Waals surface area (Å²) in [5.74, 6) is 0.709. The molecule has 3 unspecified atom stereocenters. The van der Waals surface area contributed by atoms with E-state index in [1.807, 2.05) is 4.57 Å². The monoisotopic (exact) mass is 251 g/mol. The van der Waals surface area contributed by atoms with Crippen LogP contribution in [-0.2, 0) is 6.54 Å². The molecule has 0 spiro atoms. The summed E-state index contributed by atoms with van der Waals surface area (Å²) in [4.78, 5) is 4.15. The molecule has 0 aliphatic heterocycles. The molecule has 4 heteroatoms. The number of aliphatic hydroxyl groups excluding tert-OH is 1. The molecule has 0 aromatic carbocycles. The van der Waals surface area contributed by atoms with Crippen LogP contribution in [0.25, 0.3) is 0 Å². The average Bonchev–Trinajstić information content (AvgIpc) is 3.04. The summed E-state index contributed by atoms with van der Waals surface area (Å²) >= 11 is 0. The number of hydrogen-bond donors (Lipinski definition) is 2. The van der Waals surface area contributed by atoms with Crippen LogP contribution >= 0.6 is 0 Å². The summed E-state index contributed by atoms with van der Waals surface area (Å²) in [7, 11) is 0. The Labute approximate surface area is 109 Å². The third kappa shape index (κ3) is 2.19. The van der Waals surface area contributed by atoms with Gasteiger partial charge in [-0.05, 0) is 32.1 Å². The van der Waals surface area contributed by atoms with Gasteiger partial charge in [-0.1, -0.05) is 13.3 Å². The highest BCUT2D eigenvalue weighted by Crippen LogP contribution is 2.50. The van der Waals surface area contributed by atoms with Gasteiger partial charge in [-0.2, -0.15) is 0 Å². The van der Waals surface area contributed by atoms with Crippen molar-refractivity contribution < 1.29 is 5.11 Å². The van der Waals surface area contributed by atoms with Gasteiger partial charge in [0.05, 0.1) is 18.2 Å². The van der Waals surface area contributed by atoms with Gasteiger partial charge in [0.15, 0.2) is 0 Å². The lowest BCUT2D eigenvalue weighted by Gasteiger charge is -2.33. The largest absolute Gasteiger partial charge is 0.386 e. The number of aliphatic hydroxyl groups is 1. The summed E-state index contributed by atoms with van der Waals surface area (Å²) in [6.45, 7) is 5.68. The number of rotatable bonds is 5. The Kier molecular flexibility index (Phi) is 4.07. The summed E-state index contributed by atoms with van der Waals surface area (Å²) < 4.78 is 2.02. The van der Waals surface area contributed by atoms with E-state index in [1.165, 1.54) is 12.8 Å². The second kappa shape index (κ2) is 5.41. The fraction of sp³-hybridized carbons (Fsp3) is 0.786. The van der Waals surface area contributed by atoms with Crippen molar-refractivity contribution in [1.29, 1.82) is 0 Å². The minimum atomic E-state index is -0.485. The van der Waals surface area contributed by atoms with Crippen molar-refractivity contribution in [3.8, 4) is 0 Å². The molecule has 0 radical (unpaired) electrons. The third-order valence-corrected chi connectivity index (χ3v) is 4.67. The Morgan fingerprint density at radius 1 is 1.61 bits per heavy atom. The van der Waals surface area contributed by atoms with Crippen LogP contribution in [0.15, 0.2) is 12.5 Å². The van der Waals surface area contributed by atoms with E-state index in [4.69, 9.17) is 5.73 Å². The second-order valence-electron chi connectivity index (χ2n) is 5.59. The highest BCUT2D eigenvalue weighted by molar-refractivity contribution is 5.10. The van der Waals surface area contributed by atoms with E-state index in [0.29, 0.717) is 12.5 Å². The highest BCUT2D eigenvalue weighted by atomic mass is 16.3. The number of nitrogens with zero attached hydrogens (tertiary/aromatic N) is 2. The van der Waals surface area contributed by atoms with Gasteiger partial charge in [-0.15, -0.1) is 0 Å². The van der Waals surface area contributed by atoms with Gasteiger partial charge in [0.2, 0.25) is 0 Å². The van der Waals surface area contributed by atoms with Crippen LogP contribution in [0.2, 0.25) is 0 Å². The van der Waals surface area contributed by atoms with Crippen LogP contribution < -0.4 is 5.73 Å². The van der Waals surface area contributed by atoms with Crippen LogP contribution in [0.1, 0.15) is 51.3 Å². The highest BCUT2D eigenvalue weighted by Gasteiger charge is 2.44. The zero-order chi connectivity index (χ0) is 13.2. The smallest absolute Gasteiger partial charge is 0.102 e. The van der Waals surface area contributed by atoms with Crippen LogP contribution in [-0.4, -0.2) is 21.2 Å². The maximum Gasteiger partial charge on any atom is 0.102 e. The molecule has 0 amide bonds. The minimum absolute atomic E-state index is 0.145. The number of imidazole rings is 1. The third-order valence-electron chi connectivity index (χ3n) is 4.67. The first-order valence-electron chi connectivity index (χ1n) is 7.05. The van der Waals surface area contributed by atoms with E-state index in [9.17, 15) is 5.11 Å². The van der Waals surface area contributed by atoms with Crippen LogP contribution in [0.3, 0.4) is 0 Å². The fourth-order valence-corrected chi connectivity index (χ4v) is 3.30. The van der Waals surface area contributed by atoms with E-state index >= 15 is 0 Å². The first-order chi connectivity index (χ1) is 8.66. The molecule has 1 fully saturated rings. The van der Waals surface area contributed by atoms with Crippen LogP contribution in [0.5, 0.6) is 0 Å². The van der Waals surface area contributed by atoms with E-state index in [0.717, 1.165) is 25.1 Å². The predicted molar refractivity (Wildman–Crippen MR) is 72.0 cm³/mol. The lowest BCUT2D eigenvalue weighted by Crippen LogP contribution is -2.35. The normalized spacial score (nSPS) is 29.7. The topological polar surface area (TPSA) is 64.1 Å². The fourth-order valence-electron chi connectivity index (χ4n) is 3.30. The van der Waals surface area contributed by atoms with Gasteiger partial charge >= 0.3 is 0 Å². The molecule has 102 valence electrons. The number of aryl methyl sites for hydroxylation is 1. The number of aromatic nitrogens is 2. The van der Waals surface area contributed by atoms with Crippen molar-refractivity contribution in [3.05, 3.63) is 18.2 Å². The van der Waals surface area contributed by atoms with Crippen molar-refractivity contribution in [2.75, 3.05) is 6.54 Å². The Bertz CT molecular complexity index is 390. The zero-order valence-electron chi connectivity index (χ0n) is 11.5. The Hall–Kier alpha value is -0.870. The lowest BCUT2D eigenvalue weighted by molar-refractivity contribution is 0.0242. The van der Waals surface area contributed by atoms with E-state index in [-0.39, 0.29) is 5.41 Å². The minimum Gasteiger partial charge on any atom is -0.386 e. The Balaban J connectivity index is 2.23. The molecule has 3 atom stereocenters. The maximum absolute atomic E-state index is 10.7. The quantitative estimate of drug-likeness (QED) is 0.842. The van der Waals surface area contributed by atoms with Gasteiger partial charge in [0.25, 0.3) is 0 Å². The molecule has 2 rings (SSSR count). The molecule has 3 N–H and O–H groups in total. The summed E-state index contributed by atoms with van der Waals surface area (Å²) in [5, 5.41) is 10.7. The van der Waals surface area contributed by atoms with Gasteiger partial charge in [-0.25, -0.2) is 4.98 Å². The molecule has 1 aromatic heterocycles. The van der Waals surface area contributed by atoms with E-state index in [1.54, 1.807) is 12.5 Å². The molecule has 1 saturated carbocycles. The number of nitrogens with two attached hydrogens (primary N) is 1. The molecule has 1 heterocycles. The molecule has 1 aliphatic carbocycles. The molecule has 18 heavy (non-hydrogen) atoms. The SMILES string of the molecule is CCC1CCC(CN)(C(O)c2cncn2CC)C1. The van der Waals surface area contributed by atoms with Crippen molar-refractivity contribution in [3.63, 3.8) is 0 Å². The molecule has 4 nitrogen and oxygen atoms in total. The maximum atomic E-state index is 10.7. The molecular weight excluding hydrogens is 226 g/mol. The van der Waals surface area contributed by atoms with E-state index < -0.39 is 6.10 Å². The molecule has 1 aromatic rings. The lowest BCUT2D eigenvalue weighted by atomic mass is 9.78. The molecule has 1 aliphatic rings. The first-order valence-corrected chi connectivity index (χ1v) is 7.05. The van der Waals surface area contributed by atoms with Crippen molar-refractivity contribution in [1.82, 2.24) is 9.55 Å². The van der Waals surface area contributed by atoms with Gasteiger partial charge in [0, 0.05) is 18.5 Å². The molecule has 0 saturated heterocycles. The van der Waals surface area contributed by atoms with Crippen molar-refractivity contribution in [2.45, 2.75) is 52.2 Å². The second-order valence-corrected chi connectivity index (χ2v) is 5.59. The van der Waals surface area contributed by atoms with Gasteiger partial charge < -0.3 is 15.4 Å². The summed E-state index contributed by atoms with van der Waals surface area (Å²) in [6.07, 6.45) is 7.52. The predicted octanol–water partition coefficient (Wildman–Crippen LogP) is 2.09. The van der Waals surface area contributed by atoms with E-state index in [2.05, 4.69) is 18.8 Å². The average molecular weight is 251 g/mol.